The molecule has 0 fully saturated rings. The van der Waals surface area contributed by atoms with Gasteiger partial charge in [-0.05, 0) is 26.0 Å². The minimum Gasteiger partial charge on any atom is -0.491 e. The van der Waals surface area contributed by atoms with E-state index in [1.807, 2.05) is 18.2 Å². The smallest absolute Gasteiger partial charge is 0.124 e. The van der Waals surface area contributed by atoms with Crippen molar-refractivity contribution in [3.8, 4) is 5.75 Å². The number of methoxy groups -OCH3 is 2. The quantitative estimate of drug-likeness (QED) is 0.669. The molecule has 1 N–H and O–H groups in total. The molecule has 1 aromatic carbocycles. The summed E-state index contributed by atoms with van der Waals surface area (Å²) in [5, 5.41) is 3.53. The van der Waals surface area contributed by atoms with Crippen molar-refractivity contribution in [1.82, 2.24) is 5.32 Å². The second kappa shape index (κ2) is 9.75. The van der Waals surface area contributed by atoms with E-state index in [0.717, 1.165) is 24.3 Å². The first-order valence-corrected chi connectivity index (χ1v) is 7.21. The molecule has 0 aliphatic carbocycles. The Hall–Kier alpha value is -1.10. The van der Waals surface area contributed by atoms with E-state index in [1.54, 1.807) is 14.2 Å². The van der Waals surface area contributed by atoms with Gasteiger partial charge in [-0.1, -0.05) is 25.1 Å². The van der Waals surface area contributed by atoms with Crippen LogP contribution in [0.3, 0.4) is 0 Å². The molecule has 0 spiro atoms. The molecule has 4 nitrogen and oxygen atoms in total. The lowest BCUT2D eigenvalue weighted by atomic mass is 10.0. The van der Waals surface area contributed by atoms with Gasteiger partial charge in [-0.15, -0.1) is 0 Å². The summed E-state index contributed by atoms with van der Waals surface area (Å²) in [5.41, 5.74) is 1.13. The molecule has 114 valence electrons. The summed E-state index contributed by atoms with van der Waals surface area (Å²) < 4.78 is 16.3. The van der Waals surface area contributed by atoms with Crippen molar-refractivity contribution < 1.29 is 14.2 Å². The second-order valence-corrected chi connectivity index (χ2v) is 4.75. The Bertz CT molecular complexity index is 370. The lowest BCUT2D eigenvalue weighted by Crippen LogP contribution is -2.32. The number of para-hydroxylation sites is 1. The van der Waals surface area contributed by atoms with E-state index in [4.69, 9.17) is 14.2 Å². The molecule has 0 radical (unpaired) electrons. The lowest BCUT2D eigenvalue weighted by molar-refractivity contribution is 0.0811. The van der Waals surface area contributed by atoms with Gasteiger partial charge in [-0.2, -0.15) is 0 Å². The highest BCUT2D eigenvalue weighted by Gasteiger charge is 2.21. The van der Waals surface area contributed by atoms with E-state index in [-0.39, 0.29) is 12.1 Å². The average Bonchev–Trinajstić information content (AvgIpc) is 2.49. The molecule has 1 aromatic rings. The maximum atomic E-state index is 5.81. The molecule has 0 saturated carbocycles. The fourth-order valence-corrected chi connectivity index (χ4v) is 2.07. The Morgan fingerprint density at radius 1 is 1.15 bits per heavy atom. The van der Waals surface area contributed by atoms with Crippen molar-refractivity contribution in [1.29, 1.82) is 0 Å². The molecule has 0 aliphatic heterocycles. The Kier molecular flexibility index (Phi) is 8.26. The predicted octanol–water partition coefficient (Wildman–Crippen LogP) is 2.79. The molecule has 0 bridgehead atoms. The largest absolute Gasteiger partial charge is 0.491 e. The van der Waals surface area contributed by atoms with E-state index in [9.17, 15) is 0 Å². The van der Waals surface area contributed by atoms with Gasteiger partial charge in [0.1, 0.15) is 12.4 Å². The molecule has 4 heteroatoms. The molecule has 0 aliphatic rings. The fourth-order valence-electron chi connectivity index (χ4n) is 2.07. The summed E-state index contributed by atoms with van der Waals surface area (Å²) in [7, 11) is 3.41. The van der Waals surface area contributed by atoms with Crippen LogP contribution >= 0.6 is 0 Å². The number of hydrogen-bond donors (Lipinski definition) is 1. The van der Waals surface area contributed by atoms with Crippen LogP contribution in [0.4, 0.5) is 0 Å². The molecule has 0 saturated heterocycles. The van der Waals surface area contributed by atoms with Crippen LogP contribution in [0.1, 0.15) is 31.9 Å². The minimum atomic E-state index is 0.0775. The summed E-state index contributed by atoms with van der Waals surface area (Å²) >= 11 is 0. The molecular formula is C16H27NO3. The van der Waals surface area contributed by atoms with Crippen LogP contribution in [0.15, 0.2) is 24.3 Å². The highest BCUT2D eigenvalue weighted by atomic mass is 16.5. The molecular weight excluding hydrogens is 254 g/mol. The van der Waals surface area contributed by atoms with Crippen LogP contribution in [0.2, 0.25) is 0 Å². The van der Waals surface area contributed by atoms with Crippen LogP contribution in [-0.2, 0) is 9.47 Å². The third-order valence-electron chi connectivity index (χ3n) is 3.25. The number of rotatable bonds is 10. The molecule has 0 aromatic heterocycles. The molecule has 2 unspecified atom stereocenters. The summed E-state index contributed by atoms with van der Waals surface area (Å²) in [4.78, 5) is 0. The first-order chi connectivity index (χ1) is 9.74. The maximum absolute atomic E-state index is 5.81. The zero-order valence-corrected chi connectivity index (χ0v) is 13.0. The molecule has 0 heterocycles. The third kappa shape index (κ3) is 5.12. The molecule has 2 atom stereocenters. The van der Waals surface area contributed by atoms with Gasteiger partial charge in [0, 0.05) is 19.8 Å². The van der Waals surface area contributed by atoms with E-state index in [1.165, 1.54) is 0 Å². The monoisotopic (exact) mass is 281 g/mol. The molecule has 20 heavy (non-hydrogen) atoms. The van der Waals surface area contributed by atoms with E-state index in [0.29, 0.717) is 13.2 Å². The van der Waals surface area contributed by atoms with Crippen molar-refractivity contribution in [2.24, 2.45) is 0 Å². The number of nitrogens with one attached hydrogen (secondary N) is 1. The predicted molar refractivity (Wildman–Crippen MR) is 81.3 cm³/mol. The number of ether oxygens (including phenoxy) is 3. The van der Waals surface area contributed by atoms with Crippen LogP contribution in [0.25, 0.3) is 0 Å². The summed E-state index contributed by atoms with van der Waals surface area (Å²) in [6, 6.07) is 8.22. The zero-order valence-electron chi connectivity index (χ0n) is 13.0. The summed E-state index contributed by atoms with van der Waals surface area (Å²) in [6.07, 6.45) is 1.16. The van der Waals surface area contributed by atoms with Gasteiger partial charge in [0.15, 0.2) is 0 Å². The Morgan fingerprint density at radius 3 is 2.55 bits per heavy atom. The van der Waals surface area contributed by atoms with Crippen molar-refractivity contribution in [3.05, 3.63) is 29.8 Å². The van der Waals surface area contributed by atoms with Crippen LogP contribution in [-0.4, -0.2) is 40.1 Å². The highest BCUT2D eigenvalue weighted by molar-refractivity contribution is 5.36. The van der Waals surface area contributed by atoms with Gasteiger partial charge in [-0.3, -0.25) is 0 Å². The highest BCUT2D eigenvalue weighted by Crippen LogP contribution is 2.28. The Labute approximate surface area is 122 Å². The summed E-state index contributed by atoms with van der Waals surface area (Å²) in [5.74, 6) is 0.891. The average molecular weight is 281 g/mol. The Morgan fingerprint density at radius 2 is 1.90 bits per heavy atom. The molecule has 1 rings (SSSR count). The van der Waals surface area contributed by atoms with Gasteiger partial charge >= 0.3 is 0 Å². The Balaban J connectivity index is 2.87. The van der Waals surface area contributed by atoms with Crippen LogP contribution < -0.4 is 10.1 Å². The van der Waals surface area contributed by atoms with E-state index < -0.39 is 0 Å². The number of benzene rings is 1. The van der Waals surface area contributed by atoms with Gasteiger partial charge in [0.25, 0.3) is 0 Å². The lowest BCUT2D eigenvalue weighted by Gasteiger charge is -2.26. The topological polar surface area (TPSA) is 39.7 Å². The summed E-state index contributed by atoms with van der Waals surface area (Å²) in [6.45, 7) is 6.31. The van der Waals surface area contributed by atoms with Gasteiger partial charge in [0.05, 0.1) is 18.8 Å². The van der Waals surface area contributed by atoms with Crippen molar-refractivity contribution >= 4 is 0 Å². The van der Waals surface area contributed by atoms with Gasteiger partial charge < -0.3 is 19.5 Å². The van der Waals surface area contributed by atoms with E-state index in [2.05, 4.69) is 25.2 Å². The van der Waals surface area contributed by atoms with Crippen molar-refractivity contribution in [2.75, 3.05) is 34.0 Å². The zero-order chi connectivity index (χ0) is 14.8. The van der Waals surface area contributed by atoms with Crippen LogP contribution in [0, 0.1) is 0 Å². The van der Waals surface area contributed by atoms with Gasteiger partial charge in [0.2, 0.25) is 0 Å². The first-order valence-electron chi connectivity index (χ1n) is 7.21. The third-order valence-corrected chi connectivity index (χ3v) is 3.25. The fraction of sp³-hybridized carbons (Fsp3) is 0.625. The van der Waals surface area contributed by atoms with Gasteiger partial charge in [-0.25, -0.2) is 0 Å². The van der Waals surface area contributed by atoms with Crippen molar-refractivity contribution in [3.63, 3.8) is 0 Å². The second-order valence-electron chi connectivity index (χ2n) is 4.75. The first kappa shape index (κ1) is 17.0. The van der Waals surface area contributed by atoms with Crippen molar-refractivity contribution in [2.45, 2.75) is 32.4 Å². The maximum Gasteiger partial charge on any atom is 0.124 e. The normalized spacial score (nSPS) is 14.0. The minimum absolute atomic E-state index is 0.0775. The standard InChI is InChI=1S/C16H27NO3/c1-5-10-17-16(13(2)19-4)14-8-6-7-9-15(14)20-12-11-18-3/h6-9,13,16-17H,5,10-12H2,1-4H3. The van der Waals surface area contributed by atoms with Crippen LogP contribution in [0.5, 0.6) is 5.75 Å². The van der Waals surface area contributed by atoms with E-state index >= 15 is 0 Å². The number of hydrogen-bond acceptors (Lipinski definition) is 4. The SMILES string of the molecule is CCCNC(c1ccccc1OCCOC)C(C)OC. The molecule has 0 amide bonds.